The highest BCUT2D eigenvalue weighted by atomic mass is 16.6. The number of phenols is 1. The highest BCUT2D eigenvalue weighted by molar-refractivity contribution is 5.72. The van der Waals surface area contributed by atoms with Gasteiger partial charge in [-0.1, -0.05) is 18.2 Å². The first-order valence-electron chi connectivity index (χ1n) is 11.8. The van der Waals surface area contributed by atoms with Gasteiger partial charge in [0, 0.05) is 18.2 Å². The van der Waals surface area contributed by atoms with Gasteiger partial charge in [-0.05, 0) is 54.8 Å². The number of esters is 2. The lowest BCUT2D eigenvalue weighted by Gasteiger charge is -2.21. The number of nitrogens with zero attached hydrogens (tertiary/aromatic N) is 1. The molecule has 1 heterocycles. The summed E-state index contributed by atoms with van der Waals surface area (Å²) < 4.78 is 21.9. The van der Waals surface area contributed by atoms with Crippen LogP contribution in [0.4, 0.5) is 0 Å². The predicted molar refractivity (Wildman–Crippen MR) is 138 cm³/mol. The largest absolute Gasteiger partial charge is 0.508 e. The van der Waals surface area contributed by atoms with Crippen molar-refractivity contribution in [2.75, 3.05) is 27.9 Å². The second kappa shape index (κ2) is 12.7. The predicted octanol–water partition coefficient (Wildman–Crippen LogP) is 3.07. The minimum absolute atomic E-state index is 0.0389. The van der Waals surface area contributed by atoms with Crippen molar-refractivity contribution in [3.63, 3.8) is 0 Å². The Labute approximate surface area is 220 Å². The van der Waals surface area contributed by atoms with Crippen LogP contribution in [0.3, 0.4) is 0 Å². The Balaban J connectivity index is 2.04. The number of hydrogen-bond acceptors (Lipinski definition) is 9. The number of benzene rings is 2. The third-order valence-electron chi connectivity index (χ3n) is 6.19. The highest BCUT2D eigenvalue weighted by Gasteiger charge is 2.27. The molecule has 0 amide bonds. The number of aromatic nitrogens is 1. The highest BCUT2D eigenvalue weighted by Crippen LogP contribution is 2.37. The van der Waals surface area contributed by atoms with E-state index in [2.05, 4.69) is 4.74 Å². The molecule has 0 saturated carbocycles. The summed E-state index contributed by atoms with van der Waals surface area (Å²) in [6.45, 7) is 1.70. The average Bonchev–Trinajstić information content (AvgIpc) is 2.91. The monoisotopic (exact) mass is 525 g/mol. The van der Waals surface area contributed by atoms with E-state index >= 15 is 0 Å². The van der Waals surface area contributed by atoms with Crippen molar-refractivity contribution in [3.8, 4) is 23.0 Å². The van der Waals surface area contributed by atoms with Gasteiger partial charge < -0.3 is 33.7 Å². The molecule has 0 bridgehead atoms. The molecule has 0 aliphatic carbocycles. The van der Waals surface area contributed by atoms with Crippen molar-refractivity contribution >= 4 is 11.9 Å². The number of phenolic OH excluding ortho intramolecular Hbond substituents is 1. The number of hydrogen-bond donors (Lipinski definition) is 2. The van der Waals surface area contributed by atoms with Crippen LogP contribution in [-0.2, 0) is 32.0 Å². The molecule has 0 radical (unpaired) electrons. The summed E-state index contributed by atoms with van der Waals surface area (Å²) in [5, 5.41) is 20.4. The first-order valence-corrected chi connectivity index (χ1v) is 11.8. The summed E-state index contributed by atoms with van der Waals surface area (Å²) >= 11 is 0. The molecule has 0 aliphatic heterocycles. The number of carbonyl (C=O) groups is 2. The van der Waals surface area contributed by atoms with E-state index in [-0.39, 0.29) is 41.6 Å². The van der Waals surface area contributed by atoms with Crippen LogP contribution in [0, 0.1) is 6.92 Å². The van der Waals surface area contributed by atoms with Crippen LogP contribution < -0.4 is 15.0 Å². The Hall–Kier alpha value is -4.47. The van der Waals surface area contributed by atoms with Crippen LogP contribution in [0.2, 0.25) is 0 Å². The molecule has 0 aliphatic rings. The smallest absolute Gasteiger partial charge is 0.343 e. The molecule has 10 heteroatoms. The van der Waals surface area contributed by atoms with Gasteiger partial charge in [0.25, 0.3) is 5.56 Å². The van der Waals surface area contributed by atoms with Crippen LogP contribution in [0.1, 0.15) is 34.7 Å². The van der Waals surface area contributed by atoms with E-state index in [0.29, 0.717) is 24.2 Å². The molecule has 3 aromatic rings. The standard InChI is InChI=1S/C28H31NO9/c1-17-13-22(31)27(28(34)29(17)12-11-18-5-8-20(30)9-6-18)21(15-25(32)36-3)19-7-10-23(24(14-19)35-2)38-16-26(33)37-4/h5-10,13-14,21,30-31H,11-12,15-16H2,1-4H3/t21-/m0/s1. The van der Waals surface area contributed by atoms with Crippen LogP contribution in [0.25, 0.3) is 0 Å². The van der Waals surface area contributed by atoms with Gasteiger partial charge in [-0.15, -0.1) is 0 Å². The molecule has 38 heavy (non-hydrogen) atoms. The van der Waals surface area contributed by atoms with Gasteiger partial charge in [-0.2, -0.15) is 0 Å². The lowest BCUT2D eigenvalue weighted by molar-refractivity contribution is -0.143. The van der Waals surface area contributed by atoms with Crippen molar-refractivity contribution in [1.82, 2.24) is 4.57 Å². The zero-order valence-electron chi connectivity index (χ0n) is 21.7. The van der Waals surface area contributed by atoms with Gasteiger partial charge >= 0.3 is 11.9 Å². The molecule has 202 valence electrons. The molecule has 2 aromatic carbocycles. The second-order valence-corrected chi connectivity index (χ2v) is 8.57. The van der Waals surface area contributed by atoms with Gasteiger partial charge in [0.15, 0.2) is 18.1 Å². The van der Waals surface area contributed by atoms with E-state index in [1.807, 2.05) is 0 Å². The molecule has 0 unspecified atom stereocenters. The van der Waals surface area contributed by atoms with Crippen LogP contribution in [0.5, 0.6) is 23.0 Å². The van der Waals surface area contributed by atoms with Gasteiger partial charge in [0.1, 0.15) is 11.5 Å². The van der Waals surface area contributed by atoms with E-state index < -0.39 is 23.4 Å². The lowest BCUT2D eigenvalue weighted by Crippen LogP contribution is -2.29. The second-order valence-electron chi connectivity index (χ2n) is 8.57. The van der Waals surface area contributed by atoms with E-state index in [1.165, 1.54) is 32.0 Å². The molecule has 10 nitrogen and oxygen atoms in total. The summed E-state index contributed by atoms with van der Waals surface area (Å²) in [7, 11) is 3.91. The van der Waals surface area contributed by atoms with E-state index in [4.69, 9.17) is 14.2 Å². The van der Waals surface area contributed by atoms with Crippen molar-refractivity contribution in [2.24, 2.45) is 0 Å². The van der Waals surface area contributed by atoms with Gasteiger partial charge in [0.2, 0.25) is 0 Å². The minimum Gasteiger partial charge on any atom is -0.508 e. The van der Waals surface area contributed by atoms with Gasteiger partial charge in [-0.25, -0.2) is 4.79 Å². The van der Waals surface area contributed by atoms with Crippen LogP contribution in [0.15, 0.2) is 53.3 Å². The number of pyridine rings is 1. The summed E-state index contributed by atoms with van der Waals surface area (Å²) in [5.41, 5.74) is 1.56. The molecule has 1 atom stereocenters. The fourth-order valence-corrected chi connectivity index (χ4v) is 4.13. The van der Waals surface area contributed by atoms with E-state index in [1.54, 1.807) is 49.4 Å². The van der Waals surface area contributed by atoms with Crippen LogP contribution >= 0.6 is 0 Å². The molecular formula is C28H31NO9. The summed E-state index contributed by atoms with van der Waals surface area (Å²) in [6, 6.07) is 12.9. The van der Waals surface area contributed by atoms with Gasteiger partial charge in [0.05, 0.1) is 33.3 Å². The SMILES string of the molecule is COC(=O)COc1ccc([C@H](CC(=O)OC)c2c(O)cc(C)n(CCc3ccc(O)cc3)c2=O)cc1OC. The molecule has 0 spiro atoms. The lowest BCUT2D eigenvalue weighted by atomic mass is 9.88. The molecule has 0 saturated heterocycles. The quantitative estimate of drug-likeness (QED) is 0.362. The van der Waals surface area contributed by atoms with Crippen molar-refractivity contribution in [2.45, 2.75) is 32.2 Å². The minimum atomic E-state index is -0.862. The third kappa shape index (κ3) is 6.64. The Morgan fingerprint density at radius 2 is 1.61 bits per heavy atom. The number of aromatic hydroxyl groups is 2. The first-order chi connectivity index (χ1) is 18.2. The molecular weight excluding hydrogens is 494 g/mol. The Bertz CT molecular complexity index is 1350. The van der Waals surface area contributed by atoms with Crippen molar-refractivity contribution < 1.29 is 38.7 Å². The molecule has 0 fully saturated rings. The molecule has 2 N–H and O–H groups in total. The summed E-state index contributed by atoms with van der Waals surface area (Å²) in [5.74, 6) is -1.58. The summed E-state index contributed by atoms with van der Waals surface area (Å²) in [4.78, 5) is 37.6. The molecule has 3 rings (SSSR count). The average molecular weight is 526 g/mol. The zero-order valence-corrected chi connectivity index (χ0v) is 21.7. The topological polar surface area (TPSA) is 134 Å². The van der Waals surface area contributed by atoms with E-state index in [0.717, 1.165) is 5.56 Å². The number of methoxy groups -OCH3 is 3. The molecule has 1 aromatic heterocycles. The number of carbonyl (C=O) groups excluding carboxylic acids is 2. The number of ether oxygens (including phenoxy) is 4. The van der Waals surface area contributed by atoms with Crippen molar-refractivity contribution in [3.05, 3.63) is 81.3 Å². The maximum absolute atomic E-state index is 13.7. The normalized spacial score (nSPS) is 11.5. The number of rotatable bonds is 11. The van der Waals surface area contributed by atoms with Crippen LogP contribution in [-0.4, -0.2) is 54.7 Å². The maximum Gasteiger partial charge on any atom is 0.343 e. The fourth-order valence-electron chi connectivity index (χ4n) is 4.13. The van der Waals surface area contributed by atoms with Crippen molar-refractivity contribution in [1.29, 1.82) is 0 Å². The fraction of sp³-hybridized carbons (Fsp3) is 0.321. The maximum atomic E-state index is 13.7. The third-order valence-corrected chi connectivity index (χ3v) is 6.19. The summed E-state index contributed by atoms with van der Waals surface area (Å²) in [6.07, 6.45) is 0.290. The zero-order chi connectivity index (χ0) is 27.8. The Morgan fingerprint density at radius 1 is 0.921 bits per heavy atom. The Kier molecular flexibility index (Phi) is 9.37. The number of aryl methyl sites for hydroxylation is 2. The van der Waals surface area contributed by atoms with E-state index in [9.17, 15) is 24.6 Å². The van der Waals surface area contributed by atoms with Gasteiger partial charge in [-0.3, -0.25) is 9.59 Å². The first kappa shape index (κ1) is 28.1. The Morgan fingerprint density at radius 3 is 2.24 bits per heavy atom.